The molecule has 3 nitrogen and oxygen atoms in total. The number of hydrogen-bond donors (Lipinski definition) is 0. The number of hydrogen-bond acceptors (Lipinski definition) is 1. The van der Waals surface area contributed by atoms with E-state index in [1.54, 1.807) is 0 Å². The molecule has 3 heteroatoms. The van der Waals surface area contributed by atoms with Crippen LogP contribution in [-0.4, -0.2) is 75.5 Å². The lowest BCUT2D eigenvalue weighted by Gasteiger charge is -2.34. The molecule has 0 bridgehead atoms. The summed E-state index contributed by atoms with van der Waals surface area (Å²) in [5.41, 5.74) is 0. The summed E-state index contributed by atoms with van der Waals surface area (Å²) in [6.07, 6.45) is 0.661. The van der Waals surface area contributed by atoms with Crippen molar-refractivity contribution in [3.05, 3.63) is 0 Å². The first-order valence-electron chi connectivity index (χ1n) is 6.91. The molecule has 0 fully saturated rings. The molecule has 0 saturated carbocycles. The van der Waals surface area contributed by atoms with E-state index in [9.17, 15) is 0 Å². The SMILES string of the molecule is CC[N+](C)(C)CC(C)OC(C)C[N+](C)(C)CC. The van der Waals surface area contributed by atoms with Gasteiger partial charge in [-0.3, -0.25) is 0 Å². The zero-order valence-electron chi connectivity index (χ0n) is 13.3. The van der Waals surface area contributed by atoms with E-state index in [0.29, 0.717) is 12.2 Å². The summed E-state index contributed by atoms with van der Waals surface area (Å²) in [5, 5.41) is 0. The fourth-order valence-electron chi connectivity index (χ4n) is 2.13. The predicted molar refractivity (Wildman–Crippen MR) is 75.0 cm³/mol. The summed E-state index contributed by atoms with van der Waals surface area (Å²) in [6, 6.07) is 0. The van der Waals surface area contributed by atoms with Crippen LogP contribution >= 0.6 is 0 Å². The van der Waals surface area contributed by atoms with Crippen LogP contribution in [0.15, 0.2) is 0 Å². The van der Waals surface area contributed by atoms with Gasteiger partial charge in [0.25, 0.3) is 0 Å². The van der Waals surface area contributed by atoms with Crippen molar-refractivity contribution >= 4 is 0 Å². The Hall–Kier alpha value is -0.120. The van der Waals surface area contributed by atoms with Crippen molar-refractivity contribution in [2.75, 3.05) is 54.4 Å². The Morgan fingerprint density at radius 1 is 0.765 bits per heavy atom. The zero-order chi connectivity index (χ0) is 13.7. The third kappa shape index (κ3) is 7.74. The molecule has 0 aliphatic heterocycles. The second-order valence-electron chi connectivity index (χ2n) is 6.63. The molecule has 17 heavy (non-hydrogen) atoms. The van der Waals surface area contributed by atoms with Gasteiger partial charge < -0.3 is 13.7 Å². The molecule has 0 radical (unpaired) electrons. The third-order valence-corrected chi connectivity index (χ3v) is 3.68. The molecule has 0 amide bonds. The minimum Gasteiger partial charge on any atom is -0.364 e. The highest BCUT2D eigenvalue weighted by atomic mass is 16.5. The molecule has 0 spiro atoms. The van der Waals surface area contributed by atoms with Crippen molar-refractivity contribution in [2.45, 2.75) is 39.9 Å². The van der Waals surface area contributed by atoms with Gasteiger partial charge in [0.2, 0.25) is 0 Å². The second kappa shape index (κ2) is 6.72. The van der Waals surface area contributed by atoms with E-state index in [1.807, 2.05) is 0 Å². The fourth-order valence-corrected chi connectivity index (χ4v) is 2.13. The molecule has 0 aliphatic rings. The molecule has 0 aromatic rings. The van der Waals surface area contributed by atoms with E-state index < -0.39 is 0 Å². The van der Waals surface area contributed by atoms with Gasteiger partial charge in [0, 0.05) is 0 Å². The molecule has 0 heterocycles. The molecular weight excluding hydrogens is 212 g/mol. The molecule has 2 atom stereocenters. The summed E-state index contributed by atoms with van der Waals surface area (Å²) in [4.78, 5) is 0. The van der Waals surface area contributed by atoms with E-state index in [2.05, 4.69) is 55.9 Å². The molecule has 0 saturated heterocycles. The Bertz CT molecular complexity index is 192. The summed E-state index contributed by atoms with van der Waals surface area (Å²) < 4.78 is 8.15. The molecule has 2 unspecified atom stereocenters. The van der Waals surface area contributed by atoms with E-state index in [4.69, 9.17) is 4.74 Å². The van der Waals surface area contributed by atoms with Gasteiger partial charge in [-0.15, -0.1) is 0 Å². The van der Waals surface area contributed by atoms with Crippen LogP contribution in [0, 0.1) is 0 Å². The quantitative estimate of drug-likeness (QED) is 0.595. The highest BCUT2D eigenvalue weighted by Gasteiger charge is 2.22. The first kappa shape index (κ1) is 16.9. The van der Waals surface area contributed by atoms with Gasteiger partial charge in [0.05, 0.1) is 41.3 Å². The van der Waals surface area contributed by atoms with Crippen LogP contribution in [0.2, 0.25) is 0 Å². The number of rotatable bonds is 8. The molecule has 0 aliphatic carbocycles. The maximum absolute atomic E-state index is 6.09. The van der Waals surface area contributed by atoms with Crippen molar-refractivity contribution in [2.24, 2.45) is 0 Å². The van der Waals surface area contributed by atoms with Gasteiger partial charge in [-0.25, -0.2) is 0 Å². The lowest BCUT2D eigenvalue weighted by molar-refractivity contribution is -0.896. The number of nitrogens with zero attached hydrogens (tertiary/aromatic N) is 2. The Balaban J connectivity index is 4.08. The van der Waals surface area contributed by atoms with Gasteiger partial charge in [-0.1, -0.05) is 0 Å². The average Bonchev–Trinajstić information content (AvgIpc) is 2.15. The molecule has 0 aromatic heterocycles. The molecule has 104 valence electrons. The highest BCUT2D eigenvalue weighted by molar-refractivity contribution is 4.54. The van der Waals surface area contributed by atoms with Crippen LogP contribution in [0.3, 0.4) is 0 Å². The lowest BCUT2D eigenvalue weighted by atomic mass is 10.3. The summed E-state index contributed by atoms with van der Waals surface area (Å²) in [7, 11) is 9.04. The lowest BCUT2D eigenvalue weighted by Crippen LogP contribution is -2.48. The van der Waals surface area contributed by atoms with Crippen LogP contribution in [0.1, 0.15) is 27.7 Å². The Kier molecular flexibility index (Phi) is 6.67. The van der Waals surface area contributed by atoms with Crippen LogP contribution < -0.4 is 0 Å². The summed E-state index contributed by atoms with van der Waals surface area (Å²) in [5.74, 6) is 0. The first-order valence-corrected chi connectivity index (χ1v) is 6.91. The Morgan fingerprint density at radius 3 is 1.29 bits per heavy atom. The molecule has 0 aromatic carbocycles. The average molecular weight is 246 g/mol. The largest absolute Gasteiger partial charge is 0.364 e. The minimum absolute atomic E-state index is 0.330. The Morgan fingerprint density at radius 2 is 1.06 bits per heavy atom. The third-order valence-electron chi connectivity index (χ3n) is 3.68. The van der Waals surface area contributed by atoms with Crippen LogP contribution in [0.5, 0.6) is 0 Å². The Labute approximate surface area is 109 Å². The second-order valence-corrected chi connectivity index (χ2v) is 6.63. The maximum Gasteiger partial charge on any atom is 0.105 e. The first-order chi connectivity index (χ1) is 7.62. The van der Waals surface area contributed by atoms with Gasteiger partial charge in [-0.2, -0.15) is 0 Å². The highest BCUT2D eigenvalue weighted by Crippen LogP contribution is 2.08. The molecule has 0 rings (SSSR count). The number of quaternary nitrogens is 2. The van der Waals surface area contributed by atoms with Gasteiger partial charge in [0.15, 0.2) is 0 Å². The predicted octanol–water partition coefficient (Wildman–Crippen LogP) is 1.97. The van der Waals surface area contributed by atoms with Crippen LogP contribution in [0.4, 0.5) is 0 Å². The zero-order valence-corrected chi connectivity index (χ0v) is 13.3. The van der Waals surface area contributed by atoms with E-state index in [1.165, 1.54) is 0 Å². The van der Waals surface area contributed by atoms with E-state index >= 15 is 0 Å². The van der Waals surface area contributed by atoms with Gasteiger partial charge in [0.1, 0.15) is 25.3 Å². The fraction of sp³-hybridized carbons (Fsp3) is 1.00. The minimum atomic E-state index is 0.330. The smallest absolute Gasteiger partial charge is 0.105 e. The number of likely N-dealkylation sites (N-methyl/N-ethyl adjacent to an activating group) is 2. The summed E-state index contributed by atoms with van der Waals surface area (Å²) >= 11 is 0. The van der Waals surface area contributed by atoms with Gasteiger partial charge >= 0.3 is 0 Å². The van der Waals surface area contributed by atoms with E-state index in [-0.39, 0.29) is 0 Å². The standard InChI is InChI=1S/C14H34N2O/c1-9-15(5,6)11-13(3)17-14(4)12-16(7,8)10-2/h13-14H,9-12H2,1-8H3/q+2. The normalized spacial score (nSPS) is 16.9. The van der Waals surface area contributed by atoms with Crippen molar-refractivity contribution in [1.29, 1.82) is 0 Å². The summed E-state index contributed by atoms with van der Waals surface area (Å²) in [6.45, 7) is 13.3. The van der Waals surface area contributed by atoms with Crippen molar-refractivity contribution in [3.63, 3.8) is 0 Å². The maximum atomic E-state index is 6.09. The monoisotopic (exact) mass is 246 g/mol. The van der Waals surface area contributed by atoms with Crippen molar-refractivity contribution in [3.8, 4) is 0 Å². The molecular formula is C14H34N2O+2. The van der Waals surface area contributed by atoms with Crippen molar-refractivity contribution in [1.82, 2.24) is 0 Å². The molecule has 0 N–H and O–H groups in total. The van der Waals surface area contributed by atoms with E-state index in [0.717, 1.165) is 35.1 Å². The van der Waals surface area contributed by atoms with Crippen LogP contribution in [-0.2, 0) is 4.74 Å². The topological polar surface area (TPSA) is 9.23 Å². The van der Waals surface area contributed by atoms with Crippen LogP contribution in [0.25, 0.3) is 0 Å². The van der Waals surface area contributed by atoms with Crippen molar-refractivity contribution < 1.29 is 13.7 Å². The van der Waals surface area contributed by atoms with Gasteiger partial charge in [-0.05, 0) is 27.7 Å². The number of ether oxygens (including phenoxy) is 1.